The lowest BCUT2D eigenvalue weighted by Crippen LogP contribution is -2.24. The minimum Gasteiger partial charge on any atom is -0.484 e. The molecule has 1 N–H and O–H groups in total. The molecule has 7 nitrogen and oxygen atoms in total. The fourth-order valence-corrected chi connectivity index (χ4v) is 2.82. The number of nitrogens with zero attached hydrogens (tertiary/aromatic N) is 1. The highest BCUT2D eigenvalue weighted by atomic mass is 16.5. The van der Waals surface area contributed by atoms with E-state index in [-0.39, 0.29) is 18.4 Å². The summed E-state index contributed by atoms with van der Waals surface area (Å²) in [5.41, 5.74) is 1.72. The molecule has 3 rings (SSSR count). The van der Waals surface area contributed by atoms with Crippen molar-refractivity contribution < 1.29 is 23.9 Å². The lowest BCUT2D eigenvalue weighted by Gasteiger charge is -2.16. The number of ether oxygens (including phenoxy) is 2. The molecule has 0 unspecified atom stereocenters. The van der Waals surface area contributed by atoms with E-state index in [1.807, 2.05) is 6.07 Å². The second kappa shape index (κ2) is 8.35. The molecule has 7 heteroatoms. The third-order valence-electron chi connectivity index (χ3n) is 4.16. The minimum atomic E-state index is -0.437. The molecule has 2 aromatic rings. The Morgan fingerprint density at radius 1 is 1.15 bits per heavy atom. The molecule has 0 aliphatic carbocycles. The second-order valence-corrected chi connectivity index (χ2v) is 6.05. The van der Waals surface area contributed by atoms with Gasteiger partial charge < -0.3 is 19.7 Å². The van der Waals surface area contributed by atoms with Gasteiger partial charge in [-0.1, -0.05) is 6.07 Å². The van der Waals surface area contributed by atoms with Gasteiger partial charge >= 0.3 is 5.97 Å². The number of nitrogens with one attached hydrogen (secondary N) is 1. The Kier molecular flexibility index (Phi) is 5.71. The van der Waals surface area contributed by atoms with Gasteiger partial charge in [-0.3, -0.25) is 9.59 Å². The van der Waals surface area contributed by atoms with E-state index < -0.39 is 5.97 Å². The lowest BCUT2D eigenvalue weighted by atomic mass is 10.2. The Balaban J connectivity index is 1.55. The van der Waals surface area contributed by atoms with Crippen molar-refractivity contribution in [2.45, 2.75) is 12.8 Å². The van der Waals surface area contributed by atoms with Crippen LogP contribution in [0.2, 0.25) is 0 Å². The third kappa shape index (κ3) is 4.63. The number of methoxy groups -OCH3 is 1. The summed E-state index contributed by atoms with van der Waals surface area (Å²) >= 11 is 0. The van der Waals surface area contributed by atoms with Gasteiger partial charge in [-0.25, -0.2) is 4.79 Å². The first-order valence-corrected chi connectivity index (χ1v) is 8.58. The predicted octanol–water partition coefficient (Wildman–Crippen LogP) is 2.62. The number of hydrogen-bond donors (Lipinski definition) is 1. The summed E-state index contributed by atoms with van der Waals surface area (Å²) in [7, 11) is 1.31. The quantitative estimate of drug-likeness (QED) is 0.793. The molecule has 0 radical (unpaired) electrons. The van der Waals surface area contributed by atoms with Gasteiger partial charge in [-0.2, -0.15) is 0 Å². The van der Waals surface area contributed by atoms with Crippen molar-refractivity contribution in [1.82, 2.24) is 0 Å². The van der Waals surface area contributed by atoms with E-state index in [0.29, 0.717) is 30.0 Å². The van der Waals surface area contributed by atoms with Gasteiger partial charge in [-0.05, 0) is 42.8 Å². The fraction of sp³-hybridized carbons (Fsp3) is 0.250. The zero-order valence-electron chi connectivity index (χ0n) is 14.9. The maximum absolute atomic E-state index is 12.1. The van der Waals surface area contributed by atoms with E-state index >= 15 is 0 Å². The lowest BCUT2D eigenvalue weighted by molar-refractivity contribution is -0.118. The first-order chi connectivity index (χ1) is 13.1. The Bertz CT molecular complexity index is 848. The second-order valence-electron chi connectivity index (χ2n) is 6.05. The molecular formula is C20H20N2O5. The summed E-state index contributed by atoms with van der Waals surface area (Å²) in [6, 6.07) is 13.5. The van der Waals surface area contributed by atoms with Gasteiger partial charge in [0.1, 0.15) is 5.75 Å². The number of carbonyl (C=O) groups excluding carboxylic acids is 3. The first-order valence-electron chi connectivity index (χ1n) is 8.58. The van der Waals surface area contributed by atoms with Crippen molar-refractivity contribution in [2.75, 3.05) is 30.5 Å². The summed E-state index contributed by atoms with van der Waals surface area (Å²) < 4.78 is 10.2. The molecule has 2 amide bonds. The number of amides is 2. The number of anilines is 2. The summed E-state index contributed by atoms with van der Waals surface area (Å²) in [6.07, 6.45) is 1.41. The van der Waals surface area contributed by atoms with Crippen molar-refractivity contribution >= 4 is 29.2 Å². The van der Waals surface area contributed by atoms with Gasteiger partial charge in [0.15, 0.2) is 6.61 Å². The number of benzene rings is 2. The van der Waals surface area contributed by atoms with E-state index in [1.54, 1.807) is 47.4 Å². The summed E-state index contributed by atoms with van der Waals surface area (Å²) in [6.45, 7) is 0.528. The Morgan fingerprint density at radius 3 is 2.59 bits per heavy atom. The summed E-state index contributed by atoms with van der Waals surface area (Å²) in [5.74, 6) is -0.153. The van der Waals surface area contributed by atoms with Crippen LogP contribution in [0.15, 0.2) is 48.5 Å². The third-order valence-corrected chi connectivity index (χ3v) is 4.16. The van der Waals surface area contributed by atoms with E-state index in [4.69, 9.17) is 4.74 Å². The molecule has 140 valence electrons. The molecule has 0 spiro atoms. The van der Waals surface area contributed by atoms with Gasteiger partial charge in [0.05, 0.1) is 12.7 Å². The van der Waals surface area contributed by atoms with Crippen LogP contribution in [0.5, 0.6) is 5.75 Å². The molecule has 1 aliphatic heterocycles. The van der Waals surface area contributed by atoms with Crippen LogP contribution in [0.1, 0.15) is 23.2 Å². The predicted molar refractivity (Wildman–Crippen MR) is 99.9 cm³/mol. The van der Waals surface area contributed by atoms with Crippen molar-refractivity contribution in [3.8, 4) is 5.75 Å². The maximum atomic E-state index is 12.1. The normalized spacial score (nSPS) is 13.4. The van der Waals surface area contributed by atoms with Gasteiger partial charge in [0.25, 0.3) is 5.91 Å². The highest BCUT2D eigenvalue weighted by Gasteiger charge is 2.21. The monoisotopic (exact) mass is 368 g/mol. The van der Waals surface area contributed by atoms with Crippen LogP contribution in [0.3, 0.4) is 0 Å². The average molecular weight is 368 g/mol. The van der Waals surface area contributed by atoms with Crippen LogP contribution in [0.25, 0.3) is 0 Å². The van der Waals surface area contributed by atoms with Gasteiger partial charge in [0, 0.05) is 30.4 Å². The van der Waals surface area contributed by atoms with Crippen molar-refractivity contribution in [3.63, 3.8) is 0 Å². The number of rotatable bonds is 6. The molecule has 0 bridgehead atoms. The molecule has 1 saturated heterocycles. The van der Waals surface area contributed by atoms with Crippen LogP contribution in [-0.4, -0.2) is 38.0 Å². The average Bonchev–Trinajstić information content (AvgIpc) is 3.12. The van der Waals surface area contributed by atoms with Crippen molar-refractivity contribution in [2.24, 2.45) is 0 Å². The van der Waals surface area contributed by atoms with E-state index in [1.165, 1.54) is 7.11 Å². The smallest absolute Gasteiger partial charge is 0.337 e. The topological polar surface area (TPSA) is 84.9 Å². The Morgan fingerprint density at radius 2 is 1.93 bits per heavy atom. The van der Waals surface area contributed by atoms with Crippen LogP contribution in [0.4, 0.5) is 11.4 Å². The van der Waals surface area contributed by atoms with Crippen molar-refractivity contribution in [1.29, 1.82) is 0 Å². The molecule has 27 heavy (non-hydrogen) atoms. The maximum Gasteiger partial charge on any atom is 0.337 e. The van der Waals surface area contributed by atoms with Gasteiger partial charge in [0.2, 0.25) is 5.91 Å². The zero-order valence-corrected chi connectivity index (χ0v) is 14.9. The fourth-order valence-electron chi connectivity index (χ4n) is 2.82. The van der Waals surface area contributed by atoms with E-state index in [0.717, 1.165) is 12.1 Å². The van der Waals surface area contributed by atoms with Gasteiger partial charge in [-0.15, -0.1) is 0 Å². The summed E-state index contributed by atoms with van der Waals surface area (Å²) in [5, 5.41) is 2.69. The van der Waals surface area contributed by atoms with Crippen LogP contribution in [-0.2, 0) is 14.3 Å². The molecule has 0 saturated carbocycles. The Hall–Kier alpha value is -3.35. The van der Waals surface area contributed by atoms with Crippen molar-refractivity contribution in [3.05, 3.63) is 54.1 Å². The van der Waals surface area contributed by atoms with Crippen LogP contribution < -0.4 is 15.0 Å². The molecule has 1 heterocycles. The number of esters is 1. The van der Waals surface area contributed by atoms with Crippen LogP contribution in [0, 0.1) is 0 Å². The van der Waals surface area contributed by atoms with E-state index in [2.05, 4.69) is 10.1 Å². The zero-order chi connectivity index (χ0) is 19.2. The first kappa shape index (κ1) is 18.4. The molecule has 2 aromatic carbocycles. The Labute approximate surface area is 156 Å². The number of carbonyl (C=O) groups is 3. The largest absolute Gasteiger partial charge is 0.484 e. The highest BCUT2D eigenvalue weighted by Crippen LogP contribution is 2.25. The molecular weight excluding hydrogens is 348 g/mol. The van der Waals surface area contributed by atoms with Crippen LogP contribution >= 0.6 is 0 Å². The molecule has 1 aliphatic rings. The highest BCUT2D eigenvalue weighted by molar-refractivity contribution is 5.95. The standard InChI is InChI=1S/C20H20N2O5/c1-26-20(25)14-7-9-15(10-8-14)21-18(23)13-27-17-5-2-4-16(12-17)22-11-3-6-19(22)24/h2,4-5,7-10,12H,3,6,11,13H2,1H3,(H,21,23). The molecule has 1 fully saturated rings. The minimum absolute atomic E-state index is 0.0975. The summed E-state index contributed by atoms with van der Waals surface area (Å²) in [4.78, 5) is 37.0. The van der Waals surface area contributed by atoms with E-state index in [9.17, 15) is 14.4 Å². The number of hydrogen-bond acceptors (Lipinski definition) is 5. The molecule has 0 atom stereocenters. The molecule has 0 aromatic heterocycles. The SMILES string of the molecule is COC(=O)c1ccc(NC(=O)COc2cccc(N3CCCC3=O)c2)cc1.